The number of amides is 2. The fraction of sp³-hybridized carbons (Fsp3) is 0.385. The highest BCUT2D eigenvalue weighted by atomic mass is 32.2. The SMILES string of the molecule is CSCC[C@H](NC(=O)NCc1ccccc1)C(=O)O. The normalized spacial score (nSPS) is 11.6. The summed E-state index contributed by atoms with van der Waals surface area (Å²) >= 11 is 1.55. The summed E-state index contributed by atoms with van der Waals surface area (Å²) in [5.74, 6) is -0.320. The monoisotopic (exact) mass is 282 g/mol. The van der Waals surface area contributed by atoms with E-state index < -0.39 is 18.0 Å². The van der Waals surface area contributed by atoms with Crippen LogP contribution in [0.3, 0.4) is 0 Å². The first-order chi connectivity index (χ1) is 9.13. The van der Waals surface area contributed by atoms with Crippen LogP contribution in [0.4, 0.5) is 4.79 Å². The standard InChI is InChI=1S/C13H18N2O3S/c1-19-8-7-11(12(16)17)15-13(18)14-9-10-5-3-2-4-6-10/h2-6,11H,7-9H2,1H3,(H,16,17)(H2,14,15,18)/t11-/m0/s1. The topological polar surface area (TPSA) is 78.4 Å². The van der Waals surface area contributed by atoms with Crippen LogP contribution in [-0.4, -0.2) is 35.2 Å². The molecule has 1 aromatic carbocycles. The number of hydrogen-bond donors (Lipinski definition) is 3. The van der Waals surface area contributed by atoms with Gasteiger partial charge in [-0.3, -0.25) is 0 Å². The van der Waals surface area contributed by atoms with Gasteiger partial charge in [0.2, 0.25) is 0 Å². The first-order valence-corrected chi connectivity index (χ1v) is 7.33. The Kier molecular flexibility index (Phi) is 6.81. The molecule has 0 spiro atoms. The number of benzene rings is 1. The van der Waals surface area contributed by atoms with Crippen LogP contribution in [0.1, 0.15) is 12.0 Å². The van der Waals surface area contributed by atoms with Crippen LogP contribution in [0.5, 0.6) is 0 Å². The van der Waals surface area contributed by atoms with E-state index in [2.05, 4.69) is 10.6 Å². The molecular formula is C13H18N2O3S. The van der Waals surface area contributed by atoms with E-state index >= 15 is 0 Å². The van der Waals surface area contributed by atoms with Crippen LogP contribution in [0.15, 0.2) is 30.3 Å². The van der Waals surface area contributed by atoms with E-state index in [0.717, 1.165) is 5.56 Å². The first-order valence-electron chi connectivity index (χ1n) is 5.93. The second-order valence-electron chi connectivity index (χ2n) is 3.98. The van der Waals surface area contributed by atoms with Gasteiger partial charge in [0, 0.05) is 6.54 Å². The molecule has 0 saturated carbocycles. The van der Waals surface area contributed by atoms with E-state index in [-0.39, 0.29) is 0 Å². The quantitative estimate of drug-likeness (QED) is 0.711. The third-order valence-corrected chi connectivity index (χ3v) is 3.15. The molecule has 1 aromatic rings. The van der Waals surface area contributed by atoms with Crippen molar-refractivity contribution >= 4 is 23.8 Å². The number of thioether (sulfide) groups is 1. The summed E-state index contributed by atoms with van der Waals surface area (Å²) in [5, 5.41) is 14.1. The van der Waals surface area contributed by atoms with E-state index in [1.807, 2.05) is 36.6 Å². The van der Waals surface area contributed by atoms with Crippen LogP contribution in [-0.2, 0) is 11.3 Å². The van der Waals surface area contributed by atoms with Gasteiger partial charge < -0.3 is 15.7 Å². The Balaban J connectivity index is 2.38. The lowest BCUT2D eigenvalue weighted by Crippen LogP contribution is -2.46. The smallest absolute Gasteiger partial charge is 0.326 e. The van der Waals surface area contributed by atoms with Crippen molar-refractivity contribution in [3.63, 3.8) is 0 Å². The number of carboxylic acid groups (broad SMARTS) is 1. The fourth-order valence-electron chi connectivity index (χ4n) is 1.48. The highest BCUT2D eigenvalue weighted by Gasteiger charge is 2.18. The number of urea groups is 1. The van der Waals surface area contributed by atoms with E-state index in [1.54, 1.807) is 11.8 Å². The zero-order valence-electron chi connectivity index (χ0n) is 10.8. The van der Waals surface area contributed by atoms with Gasteiger partial charge in [-0.15, -0.1) is 0 Å². The molecule has 1 atom stereocenters. The molecule has 0 aromatic heterocycles. The molecule has 0 aliphatic rings. The maximum atomic E-state index is 11.6. The summed E-state index contributed by atoms with van der Waals surface area (Å²) in [6, 6.07) is 8.14. The van der Waals surface area contributed by atoms with E-state index in [1.165, 1.54) is 0 Å². The molecule has 0 unspecified atom stereocenters. The highest BCUT2D eigenvalue weighted by molar-refractivity contribution is 7.98. The zero-order chi connectivity index (χ0) is 14.1. The number of carboxylic acids is 1. The van der Waals surface area contributed by atoms with Crippen LogP contribution in [0.2, 0.25) is 0 Å². The average Bonchev–Trinajstić information content (AvgIpc) is 2.42. The second kappa shape index (κ2) is 8.42. The number of aliphatic carboxylic acids is 1. The van der Waals surface area contributed by atoms with E-state index in [0.29, 0.717) is 18.7 Å². The second-order valence-corrected chi connectivity index (χ2v) is 4.97. The van der Waals surface area contributed by atoms with Gasteiger partial charge in [0.25, 0.3) is 0 Å². The number of hydrogen-bond acceptors (Lipinski definition) is 3. The Morgan fingerprint density at radius 1 is 1.32 bits per heavy atom. The predicted octanol–water partition coefficient (Wildman–Crippen LogP) is 1.69. The van der Waals surface area contributed by atoms with Gasteiger partial charge in [-0.25, -0.2) is 9.59 Å². The summed E-state index contributed by atoms with van der Waals surface area (Å²) in [4.78, 5) is 22.6. The van der Waals surface area contributed by atoms with Gasteiger partial charge >= 0.3 is 12.0 Å². The van der Waals surface area contributed by atoms with Crippen LogP contribution >= 0.6 is 11.8 Å². The van der Waals surface area contributed by atoms with Crippen molar-refractivity contribution < 1.29 is 14.7 Å². The molecule has 1 rings (SSSR count). The third-order valence-electron chi connectivity index (χ3n) is 2.51. The van der Waals surface area contributed by atoms with Crippen molar-refractivity contribution in [2.75, 3.05) is 12.0 Å². The predicted molar refractivity (Wildman–Crippen MR) is 76.2 cm³/mol. The molecular weight excluding hydrogens is 264 g/mol. The lowest BCUT2D eigenvalue weighted by molar-refractivity contribution is -0.139. The lowest BCUT2D eigenvalue weighted by atomic mass is 10.2. The molecule has 0 aliphatic carbocycles. The molecule has 0 aliphatic heterocycles. The van der Waals surface area contributed by atoms with Crippen molar-refractivity contribution in [2.24, 2.45) is 0 Å². The van der Waals surface area contributed by atoms with Gasteiger partial charge in [0.15, 0.2) is 0 Å². The van der Waals surface area contributed by atoms with Crippen LogP contribution < -0.4 is 10.6 Å². The Morgan fingerprint density at radius 2 is 2.00 bits per heavy atom. The van der Waals surface area contributed by atoms with E-state index in [9.17, 15) is 9.59 Å². The molecule has 19 heavy (non-hydrogen) atoms. The van der Waals surface area contributed by atoms with Crippen molar-refractivity contribution in [3.8, 4) is 0 Å². The fourth-order valence-corrected chi connectivity index (χ4v) is 1.95. The number of nitrogens with one attached hydrogen (secondary N) is 2. The van der Waals surface area contributed by atoms with Crippen molar-refractivity contribution in [3.05, 3.63) is 35.9 Å². The molecule has 3 N–H and O–H groups in total. The number of carbonyl (C=O) groups excluding carboxylic acids is 1. The Morgan fingerprint density at radius 3 is 2.58 bits per heavy atom. The minimum Gasteiger partial charge on any atom is -0.480 e. The maximum absolute atomic E-state index is 11.6. The van der Waals surface area contributed by atoms with Gasteiger partial charge in [-0.2, -0.15) is 11.8 Å². The van der Waals surface area contributed by atoms with Gasteiger partial charge in [0.1, 0.15) is 6.04 Å². The molecule has 0 radical (unpaired) electrons. The molecule has 0 heterocycles. The van der Waals surface area contributed by atoms with Gasteiger partial charge in [0.05, 0.1) is 0 Å². The van der Waals surface area contributed by atoms with Crippen molar-refractivity contribution in [1.29, 1.82) is 0 Å². The van der Waals surface area contributed by atoms with Crippen LogP contribution in [0, 0.1) is 0 Å². The molecule has 5 nitrogen and oxygen atoms in total. The largest absolute Gasteiger partial charge is 0.480 e. The molecule has 6 heteroatoms. The maximum Gasteiger partial charge on any atom is 0.326 e. The van der Waals surface area contributed by atoms with Gasteiger partial charge in [-0.05, 0) is 24.0 Å². The Hall–Kier alpha value is -1.69. The molecule has 0 saturated heterocycles. The Bertz CT molecular complexity index is 412. The third kappa shape index (κ3) is 6.15. The molecule has 0 bridgehead atoms. The molecule has 104 valence electrons. The van der Waals surface area contributed by atoms with E-state index in [4.69, 9.17) is 5.11 Å². The number of carbonyl (C=O) groups is 2. The average molecular weight is 282 g/mol. The highest BCUT2D eigenvalue weighted by Crippen LogP contribution is 2.01. The zero-order valence-corrected chi connectivity index (χ0v) is 11.6. The molecule has 2 amide bonds. The number of rotatable bonds is 7. The summed E-state index contributed by atoms with van der Waals surface area (Å²) in [5.41, 5.74) is 0.966. The van der Waals surface area contributed by atoms with Gasteiger partial charge in [-0.1, -0.05) is 30.3 Å². The van der Waals surface area contributed by atoms with Crippen molar-refractivity contribution in [1.82, 2.24) is 10.6 Å². The summed E-state index contributed by atoms with van der Waals surface area (Å²) in [7, 11) is 0. The summed E-state index contributed by atoms with van der Waals surface area (Å²) in [6.45, 7) is 0.377. The lowest BCUT2D eigenvalue weighted by Gasteiger charge is -2.14. The first kappa shape index (κ1) is 15.4. The summed E-state index contributed by atoms with van der Waals surface area (Å²) < 4.78 is 0. The minimum atomic E-state index is -1.01. The minimum absolute atomic E-state index is 0.377. The van der Waals surface area contributed by atoms with Crippen molar-refractivity contribution in [2.45, 2.75) is 19.0 Å². The summed E-state index contributed by atoms with van der Waals surface area (Å²) in [6.07, 6.45) is 2.31. The molecule has 0 fully saturated rings. The van der Waals surface area contributed by atoms with Crippen LogP contribution in [0.25, 0.3) is 0 Å². The Labute approximate surface area is 116 Å².